The molecule has 2 heterocycles. The largest absolute Gasteiger partial charge is 0.336 e. The lowest BCUT2D eigenvalue weighted by Crippen LogP contribution is -2.63. The van der Waals surface area contributed by atoms with Crippen LogP contribution in [0.4, 0.5) is 4.79 Å². The Balaban J connectivity index is 1.60. The van der Waals surface area contributed by atoms with Gasteiger partial charge in [-0.1, -0.05) is 108 Å². The number of hydrogen-bond acceptors (Lipinski definition) is 5. The lowest BCUT2D eigenvalue weighted by Gasteiger charge is -2.36. The molecule has 2 aliphatic heterocycles. The second-order valence-electron chi connectivity index (χ2n) is 9.06. The molecule has 0 aliphatic carbocycles. The van der Waals surface area contributed by atoms with E-state index in [1.807, 2.05) is 6.08 Å². The minimum absolute atomic E-state index is 0.235. The highest BCUT2D eigenvalue weighted by Gasteiger charge is 2.48. The lowest BCUT2D eigenvalue weighted by atomic mass is 10.0. The molecule has 2 aliphatic rings. The second-order valence-corrected chi connectivity index (χ2v) is 10.1. The molecule has 1 saturated heterocycles. The van der Waals surface area contributed by atoms with E-state index in [0.29, 0.717) is 0 Å². The summed E-state index contributed by atoms with van der Waals surface area (Å²) < 4.78 is 0. The number of likely N-dealkylation sites (N-methyl/N-ethyl adjacent to an activating group) is 1. The van der Waals surface area contributed by atoms with Gasteiger partial charge < -0.3 is 9.80 Å². The quantitative estimate of drug-likeness (QED) is 0.214. The third-order valence-electron chi connectivity index (χ3n) is 6.41. The highest BCUT2D eigenvalue weighted by atomic mass is 32.2. The van der Waals surface area contributed by atoms with Crippen molar-refractivity contribution >= 4 is 28.9 Å². The van der Waals surface area contributed by atoms with Crippen molar-refractivity contribution in [2.45, 2.75) is 109 Å². The van der Waals surface area contributed by atoms with Crippen LogP contribution < -0.4 is 5.32 Å². The van der Waals surface area contributed by atoms with Gasteiger partial charge in [-0.15, -0.1) is 6.58 Å². The van der Waals surface area contributed by atoms with E-state index >= 15 is 0 Å². The Kier molecular flexibility index (Phi) is 12.8. The predicted octanol–water partition coefficient (Wildman–Crippen LogP) is 5.93. The van der Waals surface area contributed by atoms with Gasteiger partial charge in [-0.05, 0) is 6.42 Å². The van der Waals surface area contributed by atoms with Gasteiger partial charge in [-0.2, -0.15) is 0 Å². The maximum atomic E-state index is 12.5. The summed E-state index contributed by atoms with van der Waals surface area (Å²) in [6.45, 7) is 6.86. The number of aliphatic imine (C=N–C) groups is 1. The van der Waals surface area contributed by atoms with E-state index in [9.17, 15) is 9.59 Å². The standard InChI is InChI=1S/C25H44N4O2S/c1-4-6-7-8-9-10-11-12-13-14-15-16-17-18-19-29-21-22(26-25(29)32-20-5-2)28(3)24(31)27-23(21)30/h5,21-22H,2,4,6-20H2,1,3H3,(H,27,30,31). The molecule has 6 nitrogen and oxygen atoms in total. The Morgan fingerprint density at radius 2 is 1.47 bits per heavy atom. The molecule has 1 N–H and O–H groups in total. The van der Waals surface area contributed by atoms with E-state index in [4.69, 9.17) is 4.99 Å². The van der Waals surface area contributed by atoms with Crippen LogP contribution in [0.25, 0.3) is 0 Å². The van der Waals surface area contributed by atoms with Gasteiger partial charge in [-0.25, -0.2) is 9.79 Å². The molecule has 2 atom stereocenters. The number of hydrogen-bond donors (Lipinski definition) is 1. The predicted molar refractivity (Wildman–Crippen MR) is 136 cm³/mol. The van der Waals surface area contributed by atoms with Gasteiger partial charge in [0.05, 0.1) is 0 Å². The molecule has 0 bridgehead atoms. The van der Waals surface area contributed by atoms with E-state index in [1.54, 1.807) is 18.8 Å². The molecule has 182 valence electrons. The van der Waals surface area contributed by atoms with Crippen LogP contribution in [0, 0.1) is 0 Å². The molecule has 2 rings (SSSR count). The molecule has 0 aromatic heterocycles. The van der Waals surface area contributed by atoms with Gasteiger partial charge >= 0.3 is 6.03 Å². The van der Waals surface area contributed by atoms with E-state index in [1.165, 1.54) is 88.4 Å². The van der Waals surface area contributed by atoms with Crippen LogP contribution in [0.15, 0.2) is 17.6 Å². The summed E-state index contributed by atoms with van der Waals surface area (Å²) in [7, 11) is 1.70. The van der Waals surface area contributed by atoms with Gasteiger partial charge in [0.2, 0.25) is 0 Å². The first-order valence-corrected chi connectivity index (χ1v) is 13.7. The van der Waals surface area contributed by atoms with Crippen molar-refractivity contribution in [1.82, 2.24) is 15.1 Å². The van der Waals surface area contributed by atoms with Crippen molar-refractivity contribution in [1.29, 1.82) is 0 Å². The number of fused-ring (bicyclic) bond motifs is 1. The minimum Gasteiger partial charge on any atom is -0.336 e. The summed E-state index contributed by atoms with van der Waals surface area (Å²) in [6, 6.07) is -0.779. The second kappa shape index (κ2) is 15.4. The van der Waals surface area contributed by atoms with E-state index in [0.717, 1.165) is 23.9 Å². The van der Waals surface area contributed by atoms with E-state index in [-0.39, 0.29) is 11.9 Å². The van der Waals surface area contributed by atoms with Crippen LogP contribution in [-0.4, -0.2) is 58.5 Å². The number of nitrogens with zero attached hydrogens (tertiary/aromatic N) is 3. The van der Waals surface area contributed by atoms with Gasteiger partial charge in [-0.3, -0.25) is 10.1 Å². The number of amides is 3. The molecule has 0 aromatic rings. The number of imide groups is 1. The van der Waals surface area contributed by atoms with E-state index < -0.39 is 12.2 Å². The fourth-order valence-corrected chi connectivity index (χ4v) is 5.29. The van der Waals surface area contributed by atoms with Gasteiger partial charge in [0.25, 0.3) is 5.91 Å². The van der Waals surface area contributed by atoms with Crippen LogP contribution >= 0.6 is 11.8 Å². The normalized spacial score (nSPS) is 20.4. The van der Waals surface area contributed by atoms with Crippen molar-refractivity contribution in [2.24, 2.45) is 4.99 Å². The van der Waals surface area contributed by atoms with Crippen LogP contribution in [0.1, 0.15) is 96.8 Å². The average molecular weight is 465 g/mol. The number of nitrogens with one attached hydrogen (secondary N) is 1. The molecular formula is C25H44N4O2S. The summed E-state index contributed by atoms with van der Waals surface area (Å²) in [5.74, 6) is 0.508. The van der Waals surface area contributed by atoms with Crippen LogP contribution in [0.2, 0.25) is 0 Å². The Bertz CT molecular complexity index is 625. The van der Waals surface area contributed by atoms with Crippen molar-refractivity contribution in [3.05, 3.63) is 12.7 Å². The fraction of sp³-hybridized carbons (Fsp3) is 0.800. The number of urea groups is 1. The minimum atomic E-state index is -0.421. The number of carbonyl (C=O) groups excluding carboxylic acids is 2. The molecule has 7 heteroatoms. The Labute approximate surface area is 199 Å². The Morgan fingerprint density at radius 1 is 0.938 bits per heavy atom. The summed E-state index contributed by atoms with van der Waals surface area (Å²) in [5.41, 5.74) is 0. The number of unbranched alkanes of at least 4 members (excludes halogenated alkanes) is 13. The Hall–Kier alpha value is -1.50. The maximum absolute atomic E-state index is 12.5. The summed E-state index contributed by atoms with van der Waals surface area (Å²) >= 11 is 1.59. The zero-order valence-corrected chi connectivity index (χ0v) is 21.1. The molecule has 0 radical (unpaired) electrons. The van der Waals surface area contributed by atoms with Gasteiger partial charge in [0.15, 0.2) is 17.4 Å². The molecule has 0 spiro atoms. The molecular weight excluding hydrogens is 420 g/mol. The first-order chi connectivity index (χ1) is 15.6. The SMILES string of the molecule is C=CCSC1=NC2C(C(=O)NC(=O)N2C)N1CCCCCCCCCCCCCCCC. The number of thioether (sulfide) groups is 1. The topological polar surface area (TPSA) is 65.0 Å². The van der Waals surface area contributed by atoms with Crippen molar-refractivity contribution in [2.75, 3.05) is 19.3 Å². The smallest absolute Gasteiger partial charge is 0.325 e. The number of rotatable bonds is 17. The third-order valence-corrected chi connectivity index (χ3v) is 7.41. The van der Waals surface area contributed by atoms with E-state index in [2.05, 4.69) is 23.7 Å². The first-order valence-electron chi connectivity index (χ1n) is 12.8. The summed E-state index contributed by atoms with van der Waals surface area (Å²) in [4.78, 5) is 32.8. The van der Waals surface area contributed by atoms with Gasteiger partial charge in [0, 0.05) is 19.3 Å². The van der Waals surface area contributed by atoms with Crippen molar-refractivity contribution < 1.29 is 9.59 Å². The third kappa shape index (κ3) is 8.45. The first kappa shape index (κ1) is 26.7. The summed E-state index contributed by atoms with van der Waals surface area (Å²) in [5, 5.41) is 3.32. The zero-order valence-electron chi connectivity index (χ0n) is 20.3. The number of amidine groups is 1. The summed E-state index contributed by atoms with van der Waals surface area (Å²) in [6.07, 6.45) is 20.0. The highest BCUT2D eigenvalue weighted by molar-refractivity contribution is 8.13. The van der Waals surface area contributed by atoms with Crippen LogP contribution in [-0.2, 0) is 4.79 Å². The van der Waals surface area contributed by atoms with Crippen LogP contribution in [0.3, 0.4) is 0 Å². The lowest BCUT2D eigenvalue weighted by molar-refractivity contribution is -0.127. The Morgan fingerprint density at radius 3 is 2.00 bits per heavy atom. The fourth-order valence-electron chi connectivity index (χ4n) is 4.47. The molecule has 3 amide bonds. The van der Waals surface area contributed by atoms with Crippen LogP contribution in [0.5, 0.6) is 0 Å². The maximum Gasteiger partial charge on any atom is 0.325 e. The highest BCUT2D eigenvalue weighted by Crippen LogP contribution is 2.29. The molecule has 2 unspecified atom stereocenters. The average Bonchev–Trinajstić information content (AvgIpc) is 3.15. The number of carbonyl (C=O) groups is 2. The monoisotopic (exact) mass is 464 g/mol. The molecule has 0 saturated carbocycles. The van der Waals surface area contributed by atoms with Crippen molar-refractivity contribution in [3.8, 4) is 0 Å². The molecule has 0 aromatic carbocycles. The molecule has 32 heavy (non-hydrogen) atoms. The van der Waals surface area contributed by atoms with Gasteiger partial charge in [0.1, 0.15) is 0 Å². The zero-order chi connectivity index (χ0) is 23.2. The molecule has 1 fully saturated rings. The van der Waals surface area contributed by atoms with Crippen molar-refractivity contribution in [3.63, 3.8) is 0 Å².